The lowest BCUT2D eigenvalue weighted by molar-refractivity contribution is 0.480. The number of hydrogen-bond donors (Lipinski definition) is 1. The molecule has 0 radical (unpaired) electrons. The zero-order valence-electron chi connectivity index (χ0n) is 6.47. The lowest BCUT2D eigenvalue weighted by atomic mass is 10.1. The second-order valence-electron chi connectivity index (χ2n) is 2.69. The first-order valence-electron chi connectivity index (χ1n) is 3.55. The maximum Gasteiger partial charge on any atom is 0.135 e. The van der Waals surface area contributed by atoms with Crippen molar-refractivity contribution in [3.63, 3.8) is 0 Å². The van der Waals surface area contributed by atoms with Crippen molar-refractivity contribution >= 4 is 21.4 Å². The van der Waals surface area contributed by atoms with Crippen molar-refractivity contribution < 1.29 is 9.50 Å². The number of benzene rings is 1. The Morgan fingerprint density at radius 3 is 3.00 bits per heavy atom. The summed E-state index contributed by atoms with van der Waals surface area (Å²) in [6.45, 7) is 1.64. The topological polar surface area (TPSA) is 20.2 Å². The van der Waals surface area contributed by atoms with E-state index in [1.807, 2.05) is 0 Å². The van der Waals surface area contributed by atoms with E-state index in [9.17, 15) is 9.50 Å². The average Bonchev–Trinajstić information content (AvgIpc) is 2.48. The van der Waals surface area contributed by atoms with Gasteiger partial charge in [-0.1, -0.05) is 0 Å². The second kappa shape index (κ2) is 2.45. The fraction of sp³-hybridized carbons (Fsp3) is 0.111. The zero-order chi connectivity index (χ0) is 8.72. The van der Waals surface area contributed by atoms with Crippen molar-refractivity contribution in [2.75, 3.05) is 0 Å². The Morgan fingerprint density at radius 1 is 1.50 bits per heavy atom. The number of halogens is 1. The fourth-order valence-electron chi connectivity index (χ4n) is 1.23. The van der Waals surface area contributed by atoms with Crippen molar-refractivity contribution in [3.8, 4) is 5.75 Å². The van der Waals surface area contributed by atoms with Crippen molar-refractivity contribution in [2.45, 2.75) is 6.92 Å². The molecule has 1 N–H and O–H groups in total. The van der Waals surface area contributed by atoms with E-state index >= 15 is 0 Å². The van der Waals surface area contributed by atoms with Gasteiger partial charge in [-0.15, -0.1) is 11.3 Å². The smallest absolute Gasteiger partial charge is 0.135 e. The Bertz CT molecular complexity index is 433. The Hall–Kier alpha value is -1.09. The summed E-state index contributed by atoms with van der Waals surface area (Å²) in [4.78, 5) is 0. The molecule has 0 atom stereocenters. The number of hydrogen-bond acceptors (Lipinski definition) is 2. The molecule has 62 valence electrons. The van der Waals surface area contributed by atoms with Gasteiger partial charge in [0.15, 0.2) is 0 Å². The molecule has 0 aliphatic carbocycles. The van der Waals surface area contributed by atoms with Crippen LogP contribution >= 0.6 is 11.3 Å². The molecule has 1 nitrogen and oxygen atoms in total. The lowest BCUT2D eigenvalue weighted by Gasteiger charge is -1.99. The van der Waals surface area contributed by atoms with Crippen LogP contribution < -0.4 is 0 Å². The molecule has 3 heteroatoms. The largest absolute Gasteiger partial charge is 0.506 e. The number of fused-ring (bicyclic) bond motifs is 1. The molecule has 2 rings (SSSR count). The van der Waals surface area contributed by atoms with E-state index in [4.69, 9.17) is 0 Å². The standard InChI is InChI=1S/C9H7FOS/c1-5-4-7(11)9-6(8(5)10)2-3-12-9/h2-4,11H,1H3. The molecule has 0 bridgehead atoms. The van der Waals surface area contributed by atoms with Gasteiger partial charge in [0.05, 0.1) is 4.70 Å². The van der Waals surface area contributed by atoms with Crippen LogP contribution in [0.2, 0.25) is 0 Å². The van der Waals surface area contributed by atoms with Crippen LogP contribution in [0.1, 0.15) is 5.56 Å². The van der Waals surface area contributed by atoms with Gasteiger partial charge in [0.25, 0.3) is 0 Å². The minimum absolute atomic E-state index is 0.166. The highest BCUT2D eigenvalue weighted by atomic mass is 32.1. The zero-order valence-corrected chi connectivity index (χ0v) is 7.28. The van der Waals surface area contributed by atoms with Gasteiger partial charge in [0.2, 0.25) is 0 Å². The Labute approximate surface area is 73.1 Å². The molecular formula is C9H7FOS. The highest BCUT2D eigenvalue weighted by Gasteiger charge is 2.08. The maximum absolute atomic E-state index is 13.3. The van der Waals surface area contributed by atoms with Crippen LogP contribution in [0.5, 0.6) is 5.75 Å². The highest BCUT2D eigenvalue weighted by Crippen LogP contribution is 2.33. The van der Waals surface area contributed by atoms with Crippen molar-refractivity contribution in [1.29, 1.82) is 0 Å². The highest BCUT2D eigenvalue weighted by molar-refractivity contribution is 7.17. The molecule has 2 aromatic rings. The van der Waals surface area contributed by atoms with Gasteiger partial charge >= 0.3 is 0 Å². The quantitative estimate of drug-likeness (QED) is 0.663. The van der Waals surface area contributed by atoms with Crippen LogP contribution in [-0.4, -0.2) is 5.11 Å². The van der Waals surface area contributed by atoms with Crippen LogP contribution in [0, 0.1) is 12.7 Å². The molecule has 0 amide bonds. The van der Waals surface area contributed by atoms with E-state index in [1.54, 1.807) is 18.4 Å². The van der Waals surface area contributed by atoms with Crippen LogP contribution in [0.25, 0.3) is 10.1 Å². The number of phenolic OH excluding ortho intramolecular Hbond substituents is 1. The summed E-state index contributed by atoms with van der Waals surface area (Å²) in [7, 11) is 0. The molecule has 1 aromatic carbocycles. The molecule has 0 saturated heterocycles. The van der Waals surface area contributed by atoms with Gasteiger partial charge in [-0.05, 0) is 30.0 Å². The van der Waals surface area contributed by atoms with Crippen LogP contribution in [0.4, 0.5) is 4.39 Å². The van der Waals surface area contributed by atoms with Crippen LogP contribution in [-0.2, 0) is 0 Å². The van der Waals surface area contributed by atoms with Gasteiger partial charge in [-0.2, -0.15) is 0 Å². The summed E-state index contributed by atoms with van der Waals surface area (Å²) in [6, 6.07) is 3.14. The SMILES string of the molecule is Cc1cc(O)c2sccc2c1F. The predicted molar refractivity (Wildman–Crippen MR) is 48.2 cm³/mol. The molecule has 0 aliphatic heterocycles. The van der Waals surface area contributed by atoms with Crippen molar-refractivity contribution in [1.82, 2.24) is 0 Å². The van der Waals surface area contributed by atoms with Gasteiger partial charge in [-0.25, -0.2) is 4.39 Å². The molecule has 12 heavy (non-hydrogen) atoms. The first-order valence-corrected chi connectivity index (χ1v) is 4.43. The molecule has 0 spiro atoms. The number of phenols is 1. The summed E-state index contributed by atoms with van der Waals surface area (Å²) in [5.74, 6) is -0.0667. The Morgan fingerprint density at radius 2 is 2.25 bits per heavy atom. The lowest BCUT2D eigenvalue weighted by Crippen LogP contribution is -1.81. The van der Waals surface area contributed by atoms with Crippen molar-refractivity contribution in [3.05, 3.63) is 28.9 Å². The van der Waals surface area contributed by atoms with Crippen LogP contribution in [0.15, 0.2) is 17.5 Å². The first kappa shape index (κ1) is 7.55. The van der Waals surface area contributed by atoms with Gasteiger partial charge in [-0.3, -0.25) is 0 Å². The number of aromatic hydroxyl groups is 1. The minimum atomic E-state index is -0.232. The second-order valence-corrected chi connectivity index (χ2v) is 3.61. The summed E-state index contributed by atoms with van der Waals surface area (Å²) in [5, 5.41) is 11.7. The molecule has 0 fully saturated rings. The van der Waals surface area contributed by atoms with Crippen LogP contribution in [0.3, 0.4) is 0 Å². The maximum atomic E-state index is 13.3. The van der Waals surface area contributed by atoms with E-state index in [0.29, 0.717) is 15.6 Å². The van der Waals surface area contributed by atoms with Gasteiger partial charge in [0, 0.05) is 5.39 Å². The number of rotatable bonds is 0. The predicted octanol–water partition coefficient (Wildman–Crippen LogP) is 3.05. The van der Waals surface area contributed by atoms with Gasteiger partial charge < -0.3 is 5.11 Å². The van der Waals surface area contributed by atoms with E-state index in [0.717, 1.165) is 0 Å². The Balaban J connectivity index is 2.97. The van der Waals surface area contributed by atoms with E-state index in [-0.39, 0.29) is 11.6 Å². The summed E-state index contributed by atoms with van der Waals surface area (Å²) in [6.07, 6.45) is 0. The van der Waals surface area contributed by atoms with E-state index in [2.05, 4.69) is 0 Å². The monoisotopic (exact) mass is 182 g/mol. The van der Waals surface area contributed by atoms with Gasteiger partial charge in [0.1, 0.15) is 11.6 Å². The Kier molecular flexibility index (Phi) is 1.54. The molecular weight excluding hydrogens is 175 g/mol. The van der Waals surface area contributed by atoms with E-state index in [1.165, 1.54) is 17.4 Å². The molecule has 0 unspecified atom stereocenters. The average molecular weight is 182 g/mol. The molecule has 1 aromatic heterocycles. The fourth-order valence-corrected chi connectivity index (χ4v) is 2.03. The first-order chi connectivity index (χ1) is 5.70. The third-order valence-electron chi connectivity index (χ3n) is 1.83. The summed E-state index contributed by atoms with van der Waals surface area (Å²) < 4.78 is 13.9. The normalized spacial score (nSPS) is 10.8. The number of thiophene rings is 1. The minimum Gasteiger partial charge on any atom is -0.506 e. The molecule has 1 heterocycles. The van der Waals surface area contributed by atoms with Crippen molar-refractivity contribution in [2.24, 2.45) is 0 Å². The summed E-state index contributed by atoms with van der Waals surface area (Å²) >= 11 is 1.35. The molecule has 0 aliphatic rings. The number of aryl methyl sites for hydroxylation is 1. The third-order valence-corrected chi connectivity index (χ3v) is 2.77. The van der Waals surface area contributed by atoms with E-state index < -0.39 is 0 Å². The molecule has 0 saturated carbocycles. The third kappa shape index (κ3) is 0.898. The summed E-state index contributed by atoms with van der Waals surface area (Å²) in [5.41, 5.74) is 0.485.